The van der Waals surface area contributed by atoms with E-state index in [9.17, 15) is 0 Å². The van der Waals surface area contributed by atoms with Crippen molar-refractivity contribution in [2.24, 2.45) is 0 Å². The van der Waals surface area contributed by atoms with E-state index in [1.165, 1.54) is 54.6 Å². The van der Waals surface area contributed by atoms with Gasteiger partial charge in [-0.3, -0.25) is 4.98 Å². The highest BCUT2D eigenvalue weighted by molar-refractivity contribution is 6.16. The Morgan fingerprint density at radius 1 is 0.537 bits per heavy atom. The van der Waals surface area contributed by atoms with Crippen molar-refractivity contribution < 1.29 is 4.42 Å². The number of pyridine rings is 1. The van der Waals surface area contributed by atoms with E-state index in [0.717, 1.165) is 50.6 Å². The predicted octanol–water partition coefficient (Wildman–Crippen LogP) is 13.8. The van der Waals surface area contributed by atoms with Gasteiger partial charge in [-0.2, -0.15) is 0 Å². The minimum absolute atomic E-state index is 0.0653. The lowest BCUT2D eigenvalue weighted by Gasteiger charge is -2.34. The molecule has 11 rings (SSSR count). The highest BCUT2D eigenvalue weighted by Gasteiger charge is 2.25. The van der Waals surface area contributed by atoms with Gasteiger partial charge in [0, 0.05) is 28.7 Å². The highest BCUT2D eigenvalue weighted by atomic mass is 16.3. The first-order valence-corrected chi connectivity index (χ1v) is 18.6. The fourth-order valence-electron chi connectivity index (χ4n) is 8.58. The number of benzene rings is 8. The molecule has 1 atom stereocenters. The third-order valence-corrected chi connectivity index (χ3v) is 11.2. The molecule has 8 aromatic carbocycles. The Labute approximate surface area is 312 Å². The molecule has 0 amide bonds. The van der Waals surface area contributed by atoms with E-state index in [4.69, 9.17) is 4.42 Å². The molecule has 2 heterocycles. The van der Waals surface area contributed by atoms with Crippen LogP contribution in [0.5, 0.6) is 0 Å². The number of allylic oxidation sites excluding steroid dienone is 2. The number of fused-ring (bicyclic) bond motifs is 8. The van der Waals surface area contributed by atoms with Crippen molar-refractivity contribution in [3.05, 3.63) is 194 Å². The average Bonchev–Trinajstić information content (AvgIpc) is 3.61. The third kappa shape index (κ3) is 5.01. The van der Waals surface area contributed by atoms with Gasteiger partial charge in [0.05, 0.1) is 22.6 Å². The van der Waals surface area contributed by atoms with Crippen molar-refractivity contribution >= 4 is 82.1 Å². The molecule has 54 heavy (non-hydrogen) atoms. The monoisotopic (exact) mass is 690 g/mol. The van der Waals surface area contributed by atoms with Gasteiger partial charge in [0.1, 0.15) is 11.2 Å². The Morgan fingerprint density at radius 2 is 1.33 bits per heavy atom. The van der Waals surface area contributed by atoms with E-state index in [1.807, 2.05) is 12.3 Å². The Hall–Kier alpha value is -6.97. The molecule has 2 aromatic heterocycles. The average molecular weight is 691 g/mol. The molecule has 10 aromatic rings. The Bertz CT molecular complexity index is 3170. The quantitative estimate of drug-likeness (QED) is 0.168. The second-order valence-electron chi connectivity index (χ2n) is 14.3. The Kier molecular flexibility index (Phi) is 6.99. The van der Waals surface area contributed by atoms with E-state index in [1.54, 1.807) is 0 Å². The molecule has 0 N–H and O–H groups in total. The molecule has 3 nitrogen and oxygen atoms in total. The smallest absolute Gasteiger partial charge is 0.137 e. The number of furan rings is 1. The van der Waals surface area contributed by atoms with E-state index in [2.05, 4.69) is 186 Å². The maximum Gasteiger partial charge on any atom is 0.137 e. The van der Waals surface area contributed by atoms with Crippen molar-refractivity contribution in [1.82, 2.24) is 4.98 Å². The van der Waals surface area contributed by atoms with E-state index in [-0.39, 0.29) is 6.04 Å². The van der Waals surface area contributed by atoms with Crippen molar-refractivity contribution in [2.45, 2.75) is 12.5 Å². The van der Waals surface area contributed by atoms with Crippen LogP contribution in [0.1, 0.15) is 12.0 Å². The molecule has 0 aliphatic heterocycles. The summed E-state index contributed by atoms with van der Waals surface area (Å²) in [4.78, 5) is 7.14. The first kappa shape index (κ1) is 30.6. The standard InChI is InChI=1S/C51H34N2O/c1-2-11-35-28-36(22-21-33(35)10-1)34-23-25-40(26-24-34)53(48-19-8-20-49-51(48)46-31-39-14-9-27-52-47(39)32-50(46)54-49)41-15-7-13-37(29-41)45-30-38-12-3-4-16-42(38)43-17-5-6-18-44(43)45/h1-25,27-32,40H,26H2. The van der Waals surface area contributed by atoms with Crippen molar-refractivity contribution in [3.63, 3.8) is 0 Å². The van der Waals surface area contributed by atoms with Crippen LogP contribution >= 0.6 is 0 Å². The molecule has 3 heteroatoms. The van der Waals surface area contributed by atoms with Crippen LogP contribution in [0.2, 0.25) is 0 Å². The summed E-state index contributed by atoms with van der Waals surface area (Å²) < 4.78 is 6.57. The van der Waals surface area contributed by atoms with Crippen LogP contribution < -0.4 is 4.90 Å². The second-order valence-corrected chi connectivity index (χ2v) is 14.3. The number of rotatable bonds is 5. The Morgan fingerprint density at radius 3 is 2.22 bits per heavy atom. The van der Waals surface area contributed by atoms with Crippen LogP contribution in [0.3, 0.4) is 0 Å². The van der Waals surface area contributed by atoms with Gasteiger partial charge in [-0.1, -0.05) is 127 Å². The van der Waals surface area contributed by atoms with Crippen LogP contribution in [0.15, 0.2) is 193 Å². The molecule has 0 radical (unpaired) electrons. The summed E-state index contributed by atoms with van der Waals surface area (Å²) >= 11 is 0. The lowest BCUT2D eigenvalue weighted by atomic mass is 9.92. The SMILES string of the molecule is C1=CC(N(c2cccc(-c3cc4ccccc4c4ccccc34)c2)c2cccc3oc4cc5ncccc5cc4c23)CC=C1c1ccc2ccccc2c1. The summed E-state index contributed by atoms with van der Waals surface area (Å²) in [6.07, 6.45) is 9.77. The fraction of sp³-hybridized carbons (Fsp3) is 0.0392. The zero-order valence-electron chi connectivity index (χ0n) is 29.5. The van der Waals surface area contributed by atoms with Gasteiger partial charge in [-0.25, -0.2) is 0 Å². The molecular weight excluding hydrogens is 657 g/mol. The van der Waals surface area contributed by atoms with Crippen molar-refractivity contribution in [3.8, 4) is 11.1 Å². The van der Waals surface area contributed by atoms with Gasteiger partial charge < -0.3 is 9.32 Å². The van der Waals surface area contributed by atoms with Crippen molar-refractivity contribution in [2.75, 3.05) is 4.90 Å². The molecule has 0 bridgehead atoms. The number of hydrogen-bond acceptors (Lipinski definition) is 3. The lowest BCUT2D eigenvalue weighted by molar-refractivity contribution is 0.669. The molecule has 0 saturated heterocycles. The number of anilines is 2. The van der Waals surface area contributed by atoms with E-state index < -0.39 is 0 Å². The molecule has 0 saturated carbocycles. The summed E-state index contributed by atoms with van der Waals surface area (Å²) in [5.74, 6) is 0. The van der Waals surface area contributed by atoms with Crippen molar-refractivity contribution in [1.29, 1.82) is 0 Å². The summed E-state index contributed by atoms with van der Waals surface area (Å²) in [7, 11) is 0. The normalized spacial score (nSPS) is 14.4. The molecule has 254 valence electrons. The van der Waals surface area contributed by atoms with Crippen LogP contribution in [0.4, 0.5) is 11.4 Å². The van der Waals surface area contributed by atoms with Crippen LogP contribution in [-0.4, -0.2) is 11.0 Å². The lowest BCUT2D eigenvalue weighted by Crippen LogP contribution is -2.30. The van der Waals surface area contributed by atoms with Gasteiger partial charge in [0.15, 0.2) is 0 Å². The maximum absolute atomic E-state index is 6.57. The van der Waals surface area contributed by atoms with E-state index in [0.29, 0.717) is 0 Å². The number of nitrogens with zero attached hydrogens (tertiary/aromatic N) is 2. The maximum atomic E-state index is 6.57. The topological polar surface area (TPSA) is 29.3 Å². The minimum Gasteiger partial charge on any atom is -0.456 e. The van der Waals surface area contributed by atoms with Gasteiger partial charge in [0.25, 0.3) is 0 Å². The predicted molar refractivity (Wildman–Crippen MR) is 228 cm³/mol. The summed E-state index contributed by atoms with van der Waals surface area (Å²) in [5, 5.41) is 10.9. The Balaban J connectivity index is 1.09. The van der Waals surface area contributed by atoms with Crippen LogP contribution in [-0.2, 0) is 0 Å². The number of aromatic nitrogens is 1. The summed E-state index contributed by atoms with van der Waals surface area (Å²) in [6.45, 7) is 0. The molecule has 1 unspecified atom stereocenters. The van der Waals surface area contributed by atoms with Crippen LogP contribution in [0, 0.1) is 0 Å². The first-order chi connectivity index (χ1) is 26.7. The zero-order chi connectivity index (χ0) is 35.6. The molecule has 0 fully saturated rings. The fourth-order valence-corrected chi connectivity index (χ4v) is 8.58. The largest absolute Gasteiger partial charge is 0.456 e. The van der Waals surface area contributed by atoms with Gasteiger partial charge >= 0.3 is 0 Å². The molecular formula is C51H34N2O. The van der Waals surface area contributed by atoms with Gasteiger partial charge in [-0.15, -0.1) is 0 Å². The van der Waals surface area contributed by atoms with Gasteiger partial charge in [-0.05, 0) is 110 Å². The second kappa shape index (κ2) is 12.3. The molecule has 1 aliphatic carbocycles. The third-order valence-electron chi connectivity index (χ3n) is 11.2. The molecule has 1 aliphatic rings. The van der Waals surface area contributed by atoms with E-state index >= 15 is 0 Å². The highest BCUT2D eigenvalue weighted by Crippen LogP contribution is 2.44. The zero-order valence-corrected chi connectivity index (χ0v) is 29.5. The first-order valence-electron chi connectivity index (χ1n) is 18.6. The number of hydrogen-bond donors (Lipinski definition) is 0. The van der Waals surface area contributed by atoms with Gasteiger partial charge in [0.2, 0.25) is 0 Å². The van der Waals surface area contributed by atoms with Crippen LogP contribution in [0.25, 0.3) is 81.9 Å². The minimum atomic E-state index is 0.0653. The summed E-state index contributed by atoms with van der Waals surface area (Å²) in [6, 6.07) is 59.2. The summed E-state index contributed by atoms with van der Waals surface area (Å²) in [5.41, 5.74) is 9.80. The molecule has 0 spiro atoms.